The van der Waals surface area contributed by atoms with E-state index < -0.39 is 0 Å². The zero-order chi connectivity index (χ0) is 16.1. The molecule has 3 nitrogen and oxygen atoms in total. The van der Waals surface area contributed by atoms with Crippen LogP contribution in [0.5, 0.6) is 0 Å². The third-order valence-electron chi connectivity index (χ3n) is 5.21. The van der Waals surface area contributed by atoms with E-state index in [4.69, 9.17) is 11.6 Å². The Bertz CT molecular complexity index is 518. The van der Waals surface area contributed by atoms with Gasteiger partial charge in [0.1, 0.15) is 0 Å². The van der Waals surface area contributed by atoms with Gasteiger partial charge in [-0.25, -0.2) is 0 Å². The molecule has 0 saturated carbocycles. The molecule has 0 atom stereocenters. The average Bonchev–Trinajstić information content (AvgIpc) is 2.86. The number of likely N-dealkylation sites (tertiary alicyclic amines) is 2. The van der Waals surface area contributed by atoms with Crippen LogP contribution in [0.4, 0.5) is 0 Å². The fourth-order valence-corrected chi connectivity index (χ4v) is 3.95. The number of carbonyl (C=O) groups is 1. The molecule has 2 aliphatic heterocycles. The van der Waals surface area contributed by atoms with Crippen molar-refractivity contribution in [2.75, 3.05) is 26.2 Å². The maximum atomic E-state index is 12.7. The first-order valence-corrected chi connectivity index (χ1v) is 9.36. The summed E-state index contributed by atoms with van der Waals surface area (Å²) in [6, 6.07) is 8.05. The minimum Gasteiger partial charge on any atom is -0.342 e. The van der Waals surface area contributed by atoms with Crippen molar-refractivity contribution in [3.63, 3.8) is 0 Å². The van der Waals surface area contributed by atoms with Gasteiger partial charge < -0.3 is 4.90 Å². The van der Waals surface area contributed by atoms with E-state index in [0.717, 1.165) is 50.6 Å². The van der Waals surface area contributed by atoms with Crippen molar-refractivity contribution in [3.8, 4) is 0 Å². The van der Waals surface area contributed by atoms with Gasteiger partial charge in [0.25, 0.3) is 0 Å². The van der Waals surface area contributed by atoms with Crippen LogP contribution in [0.25, 0.3) is 0 Å². The van der Waals surface area contributed by atoms with Crippen molar-refractivity contribution in [3.05, 3.63) is 34.9 Å². The van der Waals surface area contributed by atoms with Crippen molar-refractivity contribution in [2.45, 2.75) is 45.1 Å². The molecule has 0 aromatic heterocycles. The normalized spacial score (nSPS) is 21.2. The summed E-state index contributed by atoms with van der Waals surface area (Å²) in [6.07, 6.45) is 6.88. The lowest BCUT2D eigenvalue weighted by Crippen LogP contribution is -2.42. The molecule has 2 aliphatic rings. The van der Waals surface area contributed by atoms with Gasteiger partial charge in [-0.05, 0) is 50.4 Å². The van der Waals surface area contributed by atoms with Crippen LogP contribution in [0.3, 0.4) is 0 Å². The van der Waals surface area contributed by atoms with Gasteiger partial charge in [-0.1, -0.05) is 42.6 Å². The van der Waals surface area contributed by atoms with Gasteiger partial charge in [0.15, 0.2) is 0 Å². The number of piperidine rings is 1. The zero-order valence-electron chi connectivity index (χ0n) is 13.8. The number of hydrogen-bond donors (Lipinski definition) is 0. The SMILES string of the molecule is O=C(C1CCN(Cc2ccccc2Cl)CC1)N1CCCCCC1. The predicted octanol–water partition coefficient (Wildman–Crippen LogP) is 3.95. The van der Waals surface area contributed by atoms with E-state index in [0.29, 0.717) is 5.91 Å². The topological polar surface area (TPSA) is 23.6 Å². The molecule has 23 heavy (non-hydrogen) atoms. The van der Waals surface area contributed by atoms with Gasteiger partial charge in [-0.2, -0.15) is 0 Å². The Hall–Kier alpha value is -1.06. The molecule has 3 rings (SSSR count). The van der Waals surface area contributed by atoms with Crippen LogP contribution in [-0.4, -0.2) is 41.9 Å². The van der Waals surface area contributed by atoms with Crippen molar-refractivity contribution in [2.24, 2.45) is 5.92 Å². The largest absolute Gasteiger partial charge is 0.342 e. The molecule has 2 saturated heterocycles. The smallest absolute Gasteiger partial charge is 0.225 e. The molecular formula is C19H27ClN2O. The summed E-state index contributed by atoms with van der Waals surface area (Å²) in [5.41, 5.74) is 1.19. The van der Waals surface area contributed by atoms with Gasteiger partial charge in [0.05, 0.1) is 0 Å². The molecule has 0 radical (unpaired) electrons. The molecule has 1 amide bonds. The standard InChI is InChI=1S/C19H27ClN2O/c20-18-8-4-3-7-17(18)15-21-13-9-16(10-14-21)19(23)22-11-5-1-2-6-12-22/h3-4,7-8,16H,1-2,5-6,9-15H2. The number of nitrogens with zero attached hydrogens (tertiary/aromatic N) is 2. The van der Waals surface area contributed by atoms with Crippen LogP contribution in [0.1, 0.15) is 44.1 Å². The summed E-state index contributed by atoms with van der Waals surface area (Å²) in [5.74, 6) is 0.639. The van der Waals surface area contributed by atoms with Crippen LogP contribution in [0.2, 0.25) is 5.02 Å². The molecule has 1 aromatic carbocycles. The highest BCUT2D eigenvalue weighted by Gasteiger charge is 2.28. The monoisotopic (exact) mass is 334 g/mol. The average molecular weight is 335 g/mol. The first kappa shape index (κ1) is 16.8. The molecule has 0 spiro atoms. The molecule has 0 aliphatic carbocycles. The summed E-state index contributed by atoms with van der Waals surface area (Å²) >= 11 is 6.25. The Morgan fingerprint density at radius 2 is 1.65 bits per heavy atom. The van der Waals surface area contributed by atoms with Gasteiger partial charge in [0, 0.05) is 30.6 Å². The van der Waals surface area contributed by atoms with Crippen molar-refractivity contribution >= 4 is 17.5 Å². The predicted molar refractivity (Wildman–Crippen MR) is 94.5 cm³/mol. The molecule has 0 N–H and O–H groups in total. The van der Waals surface area contributed by atoms with E-state index in [1.807, 2.05) is 18.2 Å². The maximum Gasteiger partial charge on any atom is 0.225 e. The number of benzene rings is 1. The van der Waals surface area contributed by atoms with E-state index in [9.17, 15) is 4.79 Å². The molecule has 0 unspecified atom stereocenters. The fourth-order valence-electron chi connectivity index (χ4n) is 3.75. The van der Waals surface area contributed by atoms with Crippen molar-refractivity contribution in [1.29, 1.82) is 0 Å². The molecule has 2 heterocycles. The molecule has 0 bridgehead atoms. The summed E-state index contributed by atoms with van der Waals surface area (Å²) in [4.78, 5) is 17.3. The van der Waals surface area contributed by atoms with Crippen LogP contribution >= 0.6 is 11.6 Å². The summed E-state index contributed by atoms with van der Waals surface area (Å²) < 4.78 is 0. The number of amides is 1. The molecule has 126 valence electrons. The molecule has 2 fully saturated rings. The second-order valence-electron chi connectivity index (χ2n) is 6.88. The van der Waals surface area contributed by atoms with Gasteiger partial charge in [-0.15, -0.1) is 0 Å². The van der Waals surface area contributed by atoms with E-state index in [-0.39, 0.29) is 5.92 Å². The van der Waals surface area contributed by atoms with Crippen LogP contribution < -0.4 is 0 Å². The van der Waals surface area contributed by atoms with Crippen LogP contribution in [-0.2, 0) is 11.3 Å². The zero-order valence-corrected chi connectivity index (χ0v) is 14.6. The van der Waals surface area contributed by atoms with Crippen molar-refractivity contribution < 1.29 is 4.79 Å². The summed E-state index contributed by atoms with van der Waals surface area (Å²) in [7, 11) is 0. The number of carbonyl (C=O) groups excluding carboxylic acids is 1. The number of rotatable bonds is 3. The minimum absolute atomic E-state index is 0.232. The Morgan fingerprint density at radius 1 is 1.00 bits per heavy atom. The van der Waals surface area contributed by atoms with Gasteiger partial charge in [-0.3, -0.25) is 9.69 Å². The lowest BCUT2D eigenvalue weighted by Gasteiger charge is -2.34. The first-order valence-electron chi connectivity index (χ1n) is 8.98. The van der Waals surface area contributed by atoms with Gasteiger partial charge in [0.2, 0.25) is 5.91 Å². The minimum atomic E-state index is 0.232. The third kappa shape index (κ3) is 4.48. The summed E-state index contributed by atoms with van der Waals surface area (Å²) in [6.45, 7) is 4.83. The fraction of sp³-hybridized carbons (Fsp3) is 0.632. The molecular weight excluding hydrogens is 308 g/mol. The summed E-state index contributed by atoms with van der Waals surface area (Å²) in [5, 5.41) is 0.843. The molecule has 1 aromatic rings. The lowest BCUT2D eigenvalue weighted by molar-refractivity contribution is -0.137. The van der Waals surface area contributed by atoms with Crippen LogP contribution in [0, 0.1) is 5.92 Å². The number of halogens is 1. The quantitative estimate of drug-likeness (QED) is 0.835. The lowest BCUT2D eigenvalue weighted by atomic mass is 9.94. The van der Waals surface area contributed by atoms with E-state index in [2.05, 4.69) is 15.9 Å². The van der Waals surface area contributed by atoms with Gasteiger partial charge >= 0.3 is 0 Å². The highest BCUT2D eigenvalue weighted by atomic mass is 35.5. The first-order chi connectivity index (χ1) is 11.2. The van der Waals surface area contributed by atoms with E-state index in [1.54, 1.807) is 0 Å². The highest BCUT2D eigenvalue weighted by Crippen LogP contribution is 2.24. The van der Waals surface area contributed by atoms with E-state index in [1.165, 1.54) is 31.2 Å². The molecule has 4 heteroatoms. The van der Waals surface area contributed by atoms with E-state index >= 15 is 0 Å². The second kappa shape index (κ2) is 8.16. The third-order valence-corrected chi connectivity index (χ3v) is 5.58. The maximum absolute atomic E-state index is 12.7. The van der Waals surface area contributed by atoms with Crippen molar-refractivity contribution in [1.82, 2.24) is 9.80 Å². The second-order valence-corrected chi connectivity index (χ2v) is 7.29. The Morgan fingerprint density at radius 3 is 2.30 bits per heavy atom. The van der Waals surface area contributed by atoms with Crippen LogP contribution in [0.15, 0.2) is 24.3 Å². The Balaban J connectivity index is 1.50. The number of hydrogen-bond acceptors (Lipinski definition) is 2. The Kier molecular flexibility index (Phi) is 5.96. The highest BCUT2D eigenvalue weighted by molar-refractivity contribution is 6.31. The Labute approximate surface area is 144 Å².